The maximum Gasteiger partial charge on any atom is 0.330 e. The molecule has 1 heterocycles. The Kier molecular flexibility index (Phi) is 18.9. The third-order valence-electron chi connectivity index (χ3n) is 11.6. The second-order valence-corrected chi connectivity index (χ2v) is 22.3. The number of rotatable bonds is 23. The fraction of sp³-hybridized carbons (Fsp3) is 0.652. The van der Waals surface area contributed by atoms with Crippen molar-refractivity contribution < 1.29 is 47.2 Å². The van der Waals surface area contributed by atoms with E-state index in [1.807, 2.05) is 75.4 Å². The molecule has 0 aromatic heterocycles. The average Bonchev–Trinajstić information content (AvgIpc) is 3.18. The molecule has 1 fully saturated rings. The molecule has 2 unspecified atom stereocenters. The minimum atomic E-state index is -2.25. The van der Waals surface area contributed by atoms with Crippen molar-refractivity contribution >= 4 is 20.3 Å². The maximum absolute atomic E-state index is 13.7. The Bertz CT molecular complexity index is 1530. The predicted molar refractivity (Wildman–Crippen MR) is 226 cm³/mol. The molecule has 0 saturated carbocycles. The summed E-state index contributed by atoms with van der Waals surface area (Å²) in [4.78, 5) is 26.7. The van der Waals surface area contributed by atoms with Crippen LogP contribution < -0.4 is 4.74 Å². The van der Waals surface area contributed by atoms with Crippen molar-refractivity contribution in [2.24, 2.45) is 5.41 Å². The SMILES string of the molecule is CCCCCCCC(=O)O[C@H]1/C(=C/C(=O)OC)C[C@@H](C[C@@H](OCc2ccc(OC)cc2)C(C)OCc2ccccc2)OC1(OC)C(C)(C)CO[Si](C)(C)C(C)(C)C. The summed E-state index contributed by atoms with van der Waals surface area (Å²) in [6.45, 7) is 20.2. The van der Waals surface area contributed by atoms with Crippen LogP contribution in [-0.2, 0) is 55.7 Å². The van der Waals surface area contributed by atoms with Gasteiger partial charge in [-0.25, -0.2) is 4.79 Å². The van der Waals surface area contributed by atoms with Crippen molar-refractivity contribution in [3.05, 3.63) is 77.4 Å². The number of methoxy groups -OCH3 is 3. The lowest BCUT2D eigenvalue weighted by atomic mass is 9.74. The Balaban J connectivity index is 2.06. The van der Waals surface area contributed by atoms with Gasteiger partial charge in [-0.3, -0.25) is 4.79 Å². The standard InChI is InChI=1S/C46H72O10Si/c1-13-14-15-16-20-23-41(47)55-43-37(29-42(48)50-9)28-39(56-46(43,51-10)45(6,7)33-54-57(11,12)44(3,4)5)30-40(34(2)52-31-35-21-18-17-19-22-35)53-32-36-24-26-38(49-8)27-25-36/h17-19,21-22,24-27,29,34,39-40,43H,13-16,20,23,28,30-33H2,1-12H3/b37-29+/t34?,39-,40+,43-,46?/m0/s1. The lowest BCUT2D eigenvalue weighted by molar-refractivity contribution is -0.351. The van der Waals surface area contributed by atoms with Crippen LogP contribution in [0.15, 0.2) is 66.2 Å². The van der Waals surface area contributed by atoms with E-state index in [-0.39, 0.29) is 36.6 Å². The van der Waals surface area contributed by atoms with Crippen LogP contribution in [0, 0.1) is 5.41 Å². The van der Waals surface area contributed by atoms with Gasteiger partial charge in [-0.2, -0.15) is 0 Å². The van der Waals surface area contributed by atoms with Crippen LogP contribution in [-0.4, -0.2) is 78.4 Å². The van der Waals surface area contributed by atoms with Crippen LogP contribution in [0.25, 0.3) is 0 Å². The number of benzene rings is 2. The van der Waals surface area contributed by atoms with E-state index < -0.39 is 43.8 Å². The van der Waals surface area contributed by atoms with Gasteiger partial charge >= 0.3 is 11.9 Å². The van der Waals surface area contributed by atoms with Crippen LogP contribution in [0.2, 0.25) is 18.1 Å². The average molecular weight is 813 g/mol. The van der Waals surface area contributed by atoms with Crippen LogP contribution >= 0.6 is 0 Å². The first kappa shape index (κ1) is 48.3. The first-order valence-electron chi connectivity index (χ1n) is 20.7. The molecular weight excluding hydrogens is 741 g/mol. The minimum absolute atomic E-state index is 0.0524. The van der Waals surface area contributed by atoms with Gasteiger partial charge in [-0.15, -0.1) is 0 Å². The quantitative estimate of drug-likeness (QED) is 0.0466. The zero-order chi connectivity index (χ0) is 42.3. The molecule has 320 valence electrons. The number of carbonyl (C=O) groups is 2. The van der Waals surface area contributed by atoms with Gasteiger partial charge in [0.2, 0.25) is 5.79 Å². The smallest absolute Gasteiger partial charge is 0.330 e. The Labute approximate surface area is 344 Å². The van der Waals surface area contributed by atoms with E-state index in [2.05, 4.69) is 40.8 Å². The van der Waals surface area contributed by atoms with Crippen molar-refractivity contribution in [3.63, 3.8) is 0 Å². The Morgan fingerprint density at radius 3 is 2.12 bits per heavy atom. The van der Waals surface area contributed by atoms with Crippen molar-refractivity contribution in [2.45, 2.75) is 161 Å². The lowest BCUT2D eigenvalue weighted by Crippen LogP contribution is -2.65. The number of carbonyl (C=O) groups excluding carboxylic acids is 2. The van der Waals surface area contributed by atoms with Crippen LogP contribution in [0.5, 0.6) is 5.75 Å². The number of hydrogen-bond donors (Lipinski definition) is 0. The summed E-state index contributed by atoms with van der Waals surface area (Å²) in [5.74, 6) is -1.72. The van der Waals surface area contributed by atoms with Crippen molar-refractivity contribution in [3.8, 4) is 5.75 Å². The topological polar surface area (TPSA) is 108 Å². The fourth-order valence-corrected chi connectivity index (χ4v) is 7.92. The highest BCUT2D eigenvalue weighted by Crippen LogP contribution is 2.49. The zero-order valence-electron chi connectivity index (χ0n) is 36.9. The molecule has 0 aliphatic carbocycles. The molecule has 2 aromatic rings. The molecule has 0 N–H and O–H groups in total. The number of hydrogen-bond acceptors (Lipinski definition) is 10. The molecule has 1 saturated heterocycles. The van der Waals surface area contributed by atoms with Crippen molar-refractivity contribution in [1.82, 2.24) is 0 Å². The molecule has 0 amide bonds. The molecule has 10 nitrogen and oxygen atoms in total. The molecule has 5 atom stereocenters. The molecule has 3 rings (SSSR count). The molecule has 0 spiro atoms. The van der Waals surface area contributed by atoms with E-state index in [0.29, 0.717) is 31.6 Å². The van der Waals surface area contributed by atoms with Crippen molar-refractivity contribution in [1.29, 1.82) is 0 Å². The van der Waals surface area contributed by atoms with Gasteiger partial charge < -0.3 is 37.6 Å². The first-order chi connectivity index (χ1) is 26.9. The summed E-state index contributed by atoms with van der Waals surface area (Å²) in [7, 11) is 2.29. The highest BCUT2D eigenvalue weighted by Gasteiger charge is 2.60. The summed E-state index contributed by atoms with van der Waals surface area (Å²) in [5.41, 5.74) is 1.69. The van der Waals surface area contributed by atoms with Gasteiger partial charge in [0.25, 0.3) is 0 Å². The third-order valence-corrected chi connectivity index (χ3v) is 16.0. The van der Waals surface area contributed by atoms with Crippen LogP contribution in [0.4, 0.5) is 0 Å². The van der Waals surface area contributed by atoms with Gasteiger partial charge in [-0.1, -0.05) is 110 Å². The monoisotopic (exact) mass is 812 g/mol. The summed E-state index contributed by atoms with van der Waals surface area (Å²) in [6.07, 6.45) is 4.86. The Morgan fingerprint density at radius 1 is 0.895 bits per heavy atom. The molecule has 0 radical (unpaired) electrons. The van der Waals surface area contributed by atoms with E-state index >= 15 is 0 Å². The Morgan fingerprint density at radius 2 is 1.53 bits per heavy atom. The number of unbranched alkanes of at least 4 members (excludes halogenated alkanes) is 4. The van der Waals surface area contributed by atoms with Crippen molar-refractivity contribution in [2.75, 3.05) is 27.9 Å². The Hall–Kier alpha value is -3.06. The van der Waals surface area contributed by atoms with E-state index in [1.54, 1.807) is 14.2 Å². The van der Waals surface area contributed by atoms with Gasteiger partial charge in [0.1, 0.15) is 5.75 Å². The fourth-order valence-electron chi connectivity index (χ4n) is 6.77. The second-order valence-electron chi connectivity index (χ2n) is 17.5. The van der Waals surface area contributed by atoms with Gasteiger partial charge in [0, 0.05) is 38.0 Å². The maximum atomic E-state index is 13.7. The normalized spacial score (nSPS) is 20.9. The van der Waals surface area contributed by atoms with Crippen LogP contribution in [0.1, 0.15) is 111 Å². The molecule has 1 aliphatic rings. The number of ether oxygens (including phenoxy) is 7. The van der Waals surface area contributed by atoms with E-state index in [9.17, 15) is 9.59 Å². The summed E-state index contributed by atoms with van der Waals surface area (Å²) >= 11 is 0. The summed E-state index contributed by atoms with van der Waals surface area (Å²) in [6, 6.07) is 17.8. The van der Waals surface area contributed by atoms with Gasteiger partial charge in [0.05, 0.1) is 45.7 Å². The molecule has 0 bridgehead atoms. The minimum Gasteiger partial charge on any atom is -0.497 e. The molecule has 57 heavy (non-hydrogen) atoms. The molecule has 11 heteroatoms. The second kappa shape index (κ2) is 22.3. The molecular formula is C46H72O10Si. The third kappa shape index (κ3) is 14.0. The van der Waals surface area contributed by atoms with Gasteiger partial charge in [-0.05, 0) is 66.7 Å². The molecule has 2 aromatic carbocycles. The molecule has 1 aliphatic heterocycles. The zero-order valence-corrected chi connectivity index (χ0v) is 37.9. The summed E-state index contributed by atoms with van der Waals surface area (Å²) in [5, 5.41) is -0.0524. The highest BCUT2D eigenvalue weighted by atomic mass is 28.4. The highest BCUT2D eigenvalue weighted by molar-refractivity contribution is 6.74. The first-order valence-corrected chi connectivity index (χ1v) is 23.6. The number of esters is 2. The summed E-state index contributed by atoms with van der Waals surface area (Å²) < 4.78 is 50.5. The predicted octanol–water partition coefficient (Wildman–Crippen LogP) is 10.1. The van der Waals surface area contributed by atoms with E-state index in [1.165, 1.54) is 13.2 Å². The van der Waals surface area contributed by atoms with Gasteiger partial charge in [0.15, 0.2) is 14.4 Å². The van der Waals surface area contributed by atoms with E-state index in [0.717, 1.165) is 42.6 Å². The van der Waals surface area contributed by atoms with E-state index in [4.69, 9.17) is 37.6 Å². The van der Waals surface area contributed by atoms with Crippen LogP contribution in [0.3, 0.4) is 0 Å². The lowest BCUT2D eigenvalue weighted by Gasteiger charge is -2.54. The largest absolute Gasteiger partial charge is 0.497 e.